The Hall–Kier alpha value is -1.51. The van der Waals surface area contributed by atoms with Gasteiger partial charge in [0.1, 0.15) is 17.5 Å². The molecule has 0 fully saturated rings. The summed E-state index contributed by atoms with van der Waals surface area (Å²) in [5.41, 5.74) is 1.33. The van der Waals surface area contributed by atoms with Gasteiger partial charge in [-0.25, -0.2) is 0 Å². The first-order valence-electron chi connectivity index (χ1n) is 5.03. The lowest BCUT2D eigenvalue weighted by molar-refractivity contribution is 0.758. The Morgan fingerprint density at radius 3 is 2.94 bits per heavy atom. The zero-order valence-corrected chi connectivity index (χ0v) is 11.1. The van der Waals surface area contributed by atoms with E-state index in [1.165, 1.54) is 11.3 Å². The Kier molecular flexibility index (Phi) is 3.36. The number of nitrogens with one attached hydrogen (secondary N) is 1. The van der Waals surface area contributed by atoms with Crippen LogP contribution in [0.2, 0.25) is 4.34 Å². The molecule has 0 amide bonds. The number of nitrogens with zero attached hydrogens (tertiary/aromatic N) is 3. The van der Waals surface area contributed by atoms with E-state index in [1.54, 1.807) is 4.68 Å². The average Bonchev–Trinajstić information content (AvgIpc) is 2.80. The highest BCUT2D eigenvalue weighted by Gasteiger charge is 2.12. The number of hydrogen-bond acceptors (Lipinski definition) is 4. The van der Waals surface area contributed by atoms with Crippen LogP contribution in [-0.4, -0.2) is 9.78 Å². The van der Waals surface area contributed by atoms with Crippen molar-refractivity contribution in [3.8, 4) is 6.07 Å². The van der Waals surface area contributed by atoms with Gasteiger partial charge in [0.05, 0.1) is 16.6 Å². The molecule has 2 heterocycles. The molecule has 0 atom stereocenters. The first-order chi connectivity index (χ1) is 8.11. The minimum atomic E-state index is 0.593. The lowest BCUT2D eigenvalue weighted by atomic mass is 10.2. The Labute approximate surface area is 108 Å². The van der Waals surface area contributed by atoms with Gasteiger partial charge in [-0.15, -0.1) is 11.3 Å². The molecular weight excluding hydrogens is 256 g/mol. The standard InChI is InChI=1S/C11H11ClN4S/c1-7-9(5-13)11(16(2)15-7)14-6-8-3-4-10(12)17-8/h3-4,14H,6H2,1-2H3. The Morgan fingerprint density at radius 1 is 1.59 bits per heavy atom. The zero-order chi connectivity index (χ0) is 12.4. The van der Waals surface area contributed by atoms with Gasteiger partial charge in [0.2, 0.25) is 0 Å². The lowest BCUT2D eigenvalue weighted by Gasteiger charge is -2.05. The maximum absolute atomic E-state index is 9.05. The number of thiophene rings is 1. The van der Waals surface area contributed by atoms with Crippen molar-refractivity contribution in [2.24, 2.45) is 7.05 Å². The summed E-state index contributed by atoms with van der Waals surface area (Å²) in [5.74, 6) is 0.745. The summed E-state index contributed by atoms with van der Waals surface area (Å²) in [6.07, 6.45) is 0. The number of aromatic nitrogens is 2. The molecule has 0 aliphatic heterocycles. The van der Waals surface area contributed by atoms with E-state index in [1.807, 2.05) is 26.1 Å². The maximum Gasteiger partial charge on any atom is 0.142 e. The van der Waals surface area contributed by atoms with Crippen molar-refractivity contribution < 1.29 is 0 Å². The minimum Gasteiger partial charge on any atom is -0.364 e. The monoisotopic (exact) mass is 266 g/mol. The van der Waals surface area contributed by atoms with Crippen molar-refractivity contribution in [3.05, 3.63) is 32.6 Å². The van der Waals surface area contributed by atoms with Crippen molar-refractivity contribution in [1.29, 1.82) is 5.26 Å². The Morgan fingerprint density at radius 2 is 2.35 bits per heavy atom. The van der Waals surface area contributed by atoms with Crippen LogP contribution in [0.15, 0.2) is 12.1 Å². The summed E-state index contributed by atoms with van der Waals surface area (Å²) in [6, 6.07) is 5.99. The molecule has 0 aliphatic rings. The molecule has 2 aromatic rings. The van der Waals surface area contributed by atoms with E-state index in [0.717, 1.165) is 20.7 Å². The van der Waals surface area contributed by atoms with Gasteiger partial charge in [0.25, 0.3) is 0 Å². The number of halogens is 1. The van der Waals surface area contributed by atoms with E-state index < -0.39 is 0 Å². The fourth-order valence-corrected chi connectivity index (χ4v) is 2.64. The predicted molar refractivity (Wildman–Crippen MR) is 69.3 cm³/mol. The van der Waals surface area contributed by atoms with Crippen LogP contribution in [0, 0.1) is 18.3 Å². The highest BCUT2D eigenvalue weighted by atomic mass is 35.5. The van der Waals surface area contributed by atoms with E-state index in [4.69, 9.17) is 16.9 Å². The van der Waals surface area contributed by atoms with Crippen LogP contribution in [0.1, 0.15) is 16.1 Å². The summed E-state index contributed by atoms with van der Waals surface area (Å²) in [5, 5.41) is 16.5. The van der Waals surface area contributed by atoms with E-state index in [2.05, 4.69) is 16.5 Å². The highest BCUT2D eigenvalue weighted by molar-refractivity contribution is 7.16. The molecule has 2 aromatic heterocycles. The first kappa shape index (κ1) is 12.0. The third-order valence-electron chi connectivity index (χ3n) is 2.39. The van der Waals surface area contributed by atoms with Crippen molar-refractivity contribution in [3.63, 3.8) is 0 Å². The minimum absolute atomic E-state index is 0.593. The topological polar surface area (TPSA) is 53.6 Å². The van der Waals surface area contributed by atoms with Crippen LogP contribution in [-0.2, 0) is 13.6 Å². The Balaban J connectivity index is 2.17. The molecule has 1 N–H and O–H groups in total. The fraction of sp³-hybridized carbons (Fsp3) is 0.273. The second-order valence-electron chi connectivity index (χ2n) is 3.60. The number of rotatable bonds is 3. The number of anilines is 1. The lowest BCUT2D eigenvalue weighted by Crippen LogP contribution is -2.04. The van der Waals surface area contributed by atoms with Crippen molar-refractivity contribution >= 4 is 28.8 Å². The molecule has 0 radical (unpaired) electrons. The van der Waals surface area contributed by atoms with Gasteiger partial charge in [-0.05, 0) is 19.1 Å². The van der Waals surface area contributed by atoms with Crippen LogP contribution in [0.4, 0.5) is 5.82 Å². The number of aryl methyl sites for hydroxylation is 2. The highest BCUT2D eigenvalue weighted by Crippen LogP contribution is 2.23. The van der Waals surface area contributed by atoms with E-state index in [-0.39, 0.29) is 0 Å². The van der Waals surface area contributed by atoms with Crippen LogP contribution in [0.25, 0.3) is 0 Å². The summed E-state index contributed by atoms with van der Waals surface area (Å²) >= 11 is 7.38. The van der Waals surface area contributed by atoms with Crippen molar-refractivity contribution in [1.82, 2.24) is 9.78 Å². The van der Waals surface area contributed by atoms with Crippen LogP contribution >= 0.6 is 22.9 Å². The van der Waals surface area contributed by atoms with Gasteiger partial charge < -0.3 is 5.32 Å². The SMILES string of the molecule is Cc1nn(C)c(NCc2ccc(Cl)s2)c1C#N. The molecule has 88 valence electrons. The first-order valence-corrected chi connectivity index (χ1v) is 6.23. The molecule has 0 spiro atoms. The van der Waals surface area contributed by atoms with E-state index in [9.17, 15) is 0 Å². The van der Waals surface area contributed by atoms with Gasteiger partial charge in [-0.3, -0.25) is 4.68 Å². The zero-order valence-electron chi connectivity index (χ0n) is 9.49. The smallest absolute Gasteiger partial charge is 0.142 e. The molecule has 0 unspecified atom stereocenters. The molecule has 0 bridgehead atoms. The molecule has 0 saturated heterocycles. The van der Waals surface area contributed by atoms with Crippen molar-refractivity contribution in [2.45, 2.75) is 13.5 Å². The predicted octanol–water partition coefficient (Wildman–Crippen LogP) is 2.93. The molecule has 0 aromatic carbocycles. The molecule has 2 rings (SSSR count). The van der Waals surface area contributed by atoms with Gasteiger partial charge in [0, 0.05) is 11.9 Å². The molecule has 0 aliphatic carbocycles. The molecule has 0 saturated carbocycles. The second kappa shape index (κ2) is 4.78. The number of hydrogen-bond donors (Lipinski definition) is 1. The van der Waals surface area contributed by atoms with E-state index >= 15 is 0 Å². The van der Waals surface area contributed by atoms with E-state index in [0.29, 0.717) is 12.1 Å². The van der Waals surface area contributed by atoms with Crippen LogP contribution in [0.5, 0.6) is 0 Å². The summed E-state index contributed by atoms with van der Waals surface area (Å²) in [6.45, 7) is 2.47. The molecule has 6 heteroatoms. The molecular formula is C11H11ClN4S. The molecule has 4 nitrogen and oxygen atoms in total. The third kappa shape index (κ3) is 2.43. The summed E-state index contributed by atoms with van der Waals surface area (Å²) in [4.78, 5) is 1.12. The van der Waals surface area contributed by atoms with Crippen LogP contribution < -0.4 is 5.32 Å². The largest absolute Gasteiger partial charge is 0.364 e. The van der Waals surface area contributed by atoms with Gasteiger partial charge in [-0.1, -0.05) is 11.6 Å². The number of nitriles is 1. The average molecular weight is 267 g/mol. The second-order valence-corrected chi connectivity index (χ2v) is 5.40. The summed E-state index contributed by atoms with van der Waals surface area (Å²) in [7, 11) is 1.82. The Bertz CT molecular complexity index is 579. The third-order valence-corrected chi connectivity index (χ3v) is 3.62. The van der Waals surface area contributed by atoms with Crippen LogP contribution in [0.3, 0.4) is 0 Å². The van der Waals surface area contributed by atoms with Gasteiger partial charge >= 0.3 is 0 Å². The van der Waals surface area contributed by atoms with Gasteiger partial charge in [-0.2, -0.15) is 10.4 Å². The normalized spacial score (nSPS) is 10.2. The fourth-order valence-electron chi connectivity index (χ4n) is 1.61. The van der Waals surface area contributed by atoms with Crippen molar-refractivity contribution in [2.75, 3.05) is 5.32 Å². The quantitative estimate of drug-likeness (QED) is 0.929. The maximum atomic E-state index is 9.05. The summed E-state index contributed by atoms with van der Waals surface area (Å²) < 4.78 is 2.45. The van der Waals surface area contributed by atoms with Gasteiger partial charge in [0.15, 0.2) is 0 Å². The molecule has 17 heavy (non-hydrogen) atoms.